The van der Waals surface area contributed by atoms with E-state index in [0.717, 1.165) is 27.0 Å². The van der Waals surface area contributed by atoms with Gasteiger partial charge in [0.1, 0.15) is 11.6 Å². The fourth-order valence-corrected chi connectivity index (χ4v) is 2.94. The third-order valence-electron chi connectivity index (χ3n) is 3.42. The minimum atomic E-state index is -0.294. The first-order valence-electron chi connectivity index (χ1n) is 7.52. The molecule has 0 aliphatic carbocycles. The molecule has 3 rings (SSSR count). The summed E-state index contributed by atoms with van der Waals surface area (Å²) in [5.74, 6) is 1.11. The summed E-state index contributed by atoms with van der Waals surface area (Å²) in [4.78, 5) is 30.8. The lowest BCUT2D eigenvalue weighted by Gasteiger charge is -2.10. The van der Waals surface area contributed by atoms with Gasteiger partial charge in [0, 0.05) is 19.4 Å². The molecule has 7 nitrogen and oxygen atoms in total. The van der Waals surface area contributed by atoms with Crippen LogP contribution in [-0.4, -0.2) is 40.1 Å². The molecule has 0 bridgehead atoms. The largest absolute Gasteiger partial charge is 0.325 e. The molecule has 0 unspecified atom stereocenters. The van der Waals surface area contributed by atoms with Crippen LogP contribution in [0.1, 0.15) is 15.4 Å². The first-order chi connectivity index (χ1) is 12.1. The van der Waals surface area contributed by atoms with Crippen molar-refractivity contribution in [1.82, 2.24) is 20.0 Å². The molecule has 1 amide bonds. The molecule has 25 heavy (non-hydrogen) atoms. The quantitative estimate of drug-likeness (QED) is 0.708. The number of anilines is 2. The number of carbonyl (C=O) groups is 1. The van der Waals surface area contributed by atoms with Crippen molar-refractivity contribution in [1.29, 1.82) is 0 Å². The van der Waals surface area contributed by atoms with Crippen molar-refractivity contribution < 1.29 is 9.63 Å². The summed E-state index contributed by atoms with van der Waals surface area (Å²) in [6.07, 6.45) is 3.38. The Hall–Kier alpha value is -2.84. The van der Waals surface area contributed by atoms with Crippen LogP contribution in [0.25, 0.3) is 10.6 Å². The molecule has 0 saturated carbocycles. The molecule has 0 aromatic carbocycles. The van der Waals surface area contributed by atoms with Crippen LogP contribution in [0.2, 0.25) is 0 Å². The van der Waals surface area contributed by atoms with Crippen molar-refractivity contribution >= 4 is 28.9 Å². The molecule has 0 fully saturated rings. The highest BCUT2D eigenvalue weighted by Crippen LogP contribution is 2.26. The van der Waals surface area contributed by atoms with Gasteiger partial charge in [-0.2, -0.15) is 0 Å². The van der Waals surface area contributed by atoms with Gasteiger partial charge < -0.3 is 5.32 Å². The lowest BCUT2D eigenvalue weighted by atomic mass is 10.3. The van der Waals surface area contributed by atoms with Gasteiger partial charge in [-0.25, -0.2) is 20.0 Å². The molecule has 3 heterocycles. The molecule has 0 aliphatic rings. The second-order valence-electron chi connectivity index (χ2n) is 5.27. The van der Waals surface area contributed by atoms with Crippen molar-refractivity contribution in [2.24, 2.45) is 0 Å². The Morgan fingerprint density at radius 3 is 2.84 bits per heavy atom. The zero-order chi connectivity index (χ0) is 17.8. The summed E-state index contributed by atoms with van der Waals surface area (Å²) in [6, 6.07) is 9.50. The number of thiazole rings is 1. The predicted octanol–water partition coefficient (Wildman–Crippen LogP) is 3.29. The summed E-state index contributed by atoms with van der Waals surface area (Å²) in [6.45, 7) is 2.00. The highest BCUT2D eigenvalue weighted by Gasteiger charge is 2.17. The molecular formula is C17H17N5O2S. The van der Waals surface area contributed by atoms with Gasteiger partial charge in [0.15, 0.2) is 5.01 Å². The number of aryl methyl sites for hydroxylation is 1. The number of nitrogens with zero attached hydrogens (tertiary/aromatic N) is 4. The van der Waals surface area contributed by atoms with Gasteiger partial charge in [0.25, 0.3) is 0 Å². The average molecular weight is 355 g/mol. The highest BCUT2D eigenvalue weighted by molar-refractivity contribution is 7.16. The molecule has 8 heteroatoms. The van der Waals surface area contributed by atoms with E-state index >= 15 is 0 Å². The molecule has 0 spiro atoms. The number of nitrogens with one attached hydrogen (secondary N) is 1. The minimum Gasteiger partial charge on any atom is -0.325 e. The summed E-state index contributed by atoms with van der Waals surface area (Å²) < 4.78 is 0. The first-order valence-corrected chi connectivity index (χ1v) is 8.33. The predicted molar refractivity (Wildman–Crippen MR) is 96.7 cm³/mol. The van der Waals surface area contributed by atoms with Gasteiger partial charge >= 0.3 is 5.91 Å². The maximum atomic E-state index is 12.1. The summed E-state index contributed by atoms with van der Waals surface area (Å²) in [5, 5.41) is 4.66. The maximum Gasteiger partial charge on any atom is 0.306 e. The summed E-state index contributed by atoms with van der Waals surface area (Å²) >= 11 is 1.27. The second kappa shape index (κ2) is 7.37. The molecule has 0 saturated heterocycles. The zero-order valence-electron chi connectivity index (χ0n) is 14.1. The first kappa shape index (κ1) is 17.0. The van der Waals surface area contributed by atoms with E-state index in [4.69, 9.17) is 4.84 Å². The van der Waals surface area contributed by atoms with Gasteiger partial charge in [-0.1, -0.05) is 6.07 Å². The molecular weight excluding hydrogens is 338 g/mol. The van der Waals surface area contributed by atoms with E-state index in [1.807, 2.05) is 37.3 Å². The lowest BCUT2D eigenvalue weighted by molar-refractivity contribution is -0.0757. The van der Waals surface area contributed by atoms with Gasteiger partial charge in [-0.3, -0.25) is 9.63 Å². The molecule has 0 aliphatic heterocycles. The van der Waals surface area contributed by atoms with E-state index in [2.05, 4.69) is 20.3 Å². The second-order valence-corrected chi connectivity index (χ2v) is 6.30. The van der Waals surface area contributed by atoms with Crippen molar-refractivity contribution in [3.05, 3.63) is 53.3 Å². The van der Waals surface area contributed by atoms with E-state index < -0.39 is 0 Å². The Morgan fingerprint density at radius 1 is 1.24 bits per heavy atom. The van der Waals surface area contributed by atoms with E-state index in [1.54, 1.807) is 19.4 Å². The van der Waals surface area contributed by atoms with Crippen molar-refractivity contribution in [2.45, 2.75) is 6.92 Å². The normalized spacial score (nSPS) is 10.5. The van der Waals surface area contributed by atoms with Gasteiger partial charge in [0.05, 0.1) is 17.7 Å². The van der Waals surface area contributed by atoms with Crippen molar-refractivity contribution in [2.75, 3.05) is 19.5 Å². The monoisotopic (exact) mass is 355 g/mol. The SMILES string of the molecule is CON(C)C(=O)c1ncc(-c2cccc(Nc3cc(C)ccn3)n2)s1. The van der Waals surface area contributed by atoms with E-state index in [9.17, 15) is 4.79 Å². The number of hydrogen-bond donors (Lipinski definition) is 1. The van der Waals surface area contributed by atoms with Crippen LogP contribution in [0.4, 0.5) is 11.6 Å². The van der Waals surface area contributed by atoms with Crippen LogP contribution < -0.4 is 5.32 Å². The molecule has 3 aromatic heterocycles. The lowest BCUT2D eigenvalue weighted by Crippen LogP contribution is -2.25. The van der Waals surface area contributed by atoms with Crippen LogP contribution in [0.15, 0.2) is 42.7 Å². The minimum absolute atomic E-state index is 0.294. The smallest absolute Gasteiger partial charge is 0.306 e. The zero-order valence-corrected chi connectivity index (χ0v) is 14.9. The summed E-state index contributed by atoms with van der Waals surface area (Å²) in [7, 11) is 2.98. The number of hydroxylamine groups is 2. The van der Waals surface area contributed by atoms with E-state index in [0.29, 0.717) is 10.8 Å². The number of carbonyl (C=O) groups excluding carboxylic acids is 1. The molecule has 0 atom stereocenters. The number of pyridine rings is 2. The Morgan fingerprint density at radius 2 is 2.08 bits per heavy atom. The third-order valence-corrected chi connectivity index (χ3v) is 4.43. The molecule has 0 radical (unpaired) electrons. The van der Waals surface area contributed by atoms with Gasteiger partial charge in [0.2, 0.25) is 0 Å². The molecule has 3 aromatic rings. The van der Waals surface area contributed by atoms with Gasteiger partial charge in [-0.05, 0) is 36.8 Å². The standard InChI is InChI=1S/C17H17N5O2S/c1-11-7-8-18-15(9-11)21-14-6-4-5-12(20-14)13-10-19-16(25-13)17(23)22(2)24-3/h4-10H,1-3H3,(H,18,20,21). The third kappa shape index (κ3) is 3.98. The number of aromatic nitrogens is 3. The van der Waals surface area contributed by atoms with Crippen molar-refractivity contribution in [3.63, 3.8) is 0 Å². The van der Waals surface area contributed by atoms with Crippen LogP contribution in [0, 0.1) is 6.92 Å². The fraction of sp³-hybridized carbons (Fsp3) is 0.176. The van der Waals surface area contributed by atoms with Crippen LogP contribution in [0.3, 0.4) is 0 Å². The Balaban J connectivity index is 1.82. The van der Waals surface area contributed by atoms with E-state index in [1.165, 1.54) is 18.4 Å². The number of amides is 1. The van der Waals surface area contributed by atoms with Crippen LogP contribution in [-0.2, 0) is 4.84 Å². The fourth-order valence-electron chi connectivity index (χ4n) is 2.09. The average Bonchev–Trinajstić information content (AvgIpc) is 3.11. The maximum absolute atomic E-state index is 12.1. The number of hydrogen-bond acceptors (Lipinski definition) is 7. The van der Waals surface area contributed by atoms with Crippen LogP contribution >= 0.6 is 11.3 Å². The number of rotatable bonds is 5. The summed E-state index contributed by atoms with van der Waals surface area (Å²) in [5.41, 5.74) is 1.84. The topological polar surface area (TPSA) is 80.2 Å². The highest BCUT2D eigenvalue weighted by atomic mass is 32.1. The Bertz CT molecular complexity index is 896. The van der Waals surface area contributed by atoms with Crippen molar-refractivity contribution in [3.8, 4) is 10.6 Å². The Labute approximate surface area is 149 Å². The van der Waals surface area contributed by atoms with E-state index in [-0.39, 0.29) is 5.91 Å². The van der Waals surface area contributed by atoms with Crippen LogP contribution in [0.5, 0.6) is 0 Å². The Kier molecular flexibility index (Phi) is 5.01. The van der Waals surface area contributed by atoms with Gasteiger partial charge in [-0.15, -0.1) is 11.3 Å². The molecule has 128 valence electrons. The molecule has 1 N–H and O–H groups in total.